The second kappa shape index (κ2) is 5.51. The van der Waals surface area contributed by atoms with E-state index >= 15 is 0 Å². The Morgan fingerprint density at radius 1 is 1.25 bits per heavy atom. The first-order valence-corrected chi connectivity index (χ1v) is 9.46. The van der Waals surface area contributed by atoms with E-state index in [0.717, 1.165) is 11.4 Å². The van der Waals surface area contributed by atoms with Gasteiger partial charge in [-0.15, -0.1) is 0 Å². The van der Waals surface area contributed by atoms with E-state index in [0.29, 0.717) is 34.7 Å². The van der Waals surface area contributed by atoms with E-state index in [2.05, 4.69) is 26.2 Å². The number of fused-ring (bicyclic) bond motifs is 4. The molecule has 0 unspecified atom stereocenters. The summed E-state index contributed by atoms with van der Waals surface area (Å²) in [6.45, 7) is 0.185. The maximum atomic E-state index is 12.7. The zero-order chi connectivity index (χ0) is 19.0. The second-order valence-electron chi connectivity index (χ2n) is 7.48. The summed E-state index contributed by atoms with van der Waals surface area (Å²) in [4.78, 5) is 25.5. The van der Waals surface area contributed by atoms with Crippen molar-refractivity contribution in [2.24, 2.45) is 13.0 Å². The number of aromatic nitrogens is 6. The molecule has 4 aromatic rings. The largest absolute Gasteiger partial charge is 0.337 e. The predicted octanol–water partition coefficient (Wildman–Crippen LogP) is 2.27. The van der Waals surface area contributed by atoms with Gasteiger partial charge in [-0.2, -0.15) is 4.98 Å². The second-order valence-corrected chi connectivity index (χ2v) is 7.89. The fourth-order valence-electron chi connectivity index (χ4n) is 4.54. The van der Waals surface area contributed by atoms with Crippen LogP contribution in [0.15, 0.2) is 40.2 Å². The molecule has 3 atom stereocenters. The van der Waals surface area contributed by atoms with Gasteiger partial charge in [0.2, 0.25) is 5.89 Å². The molecule has 0 bridgehead atoms. The van der Waals surface area contributed by atoms with Gasteiger partial charge in [0.1, 0.15) is 12.9 Å². The molecule has 1 fully saturated rings. The van der Waals surface area contributed by atoms with Crippen LogP contribution >= 0.6 is 11.6 Å². The van der Waals surface area contributed by atoms with Gasteiger partial charge in [0.05, 0.1) is 6.33 Å². The molecule has 1 saturated carbocycles. The average Bonchev–Trinajstić information content (AvgIpc) is 3.04. The lowest BCUT2D eigenvalue weighted by atomic mass is 10.0. The minimum absolute atomic E-state index is 0.184. The van der Waals surface area contributed by atoms with Crippen LogP contribution in [-0.2, 0) is 20.0 Å². The number of hydrogen-bond acceptors (Lipinski definition) is 6. The average molecular weight is 395 g/mol. The molecule has 9 heteroatoms. The maximum absolute atomic E-state index is 12.7. The van der Waals surface area contributed by atoms with Crippen LogP contribution in [0.5, 0.6) is 0 Å². The van der Waals surface area contributed by atoms with Crippen LogP contribution in [-0.4, -0.2) is 29.2 Å². The number of imidazole rings is 1. The first-order chi connectivity index (χ1) is 13.6. The van der Waals surface area contributed by atoms with E-state index in [-0.39, 0.29) is 18.0 Å². The highest BCUT2D eigenvalue weighted by Crippen LogP contribution is 2.66. The topological polar surface area (TPSA) is 91.6 Å². The summed E-state index contributed by atoms with van der Waals surface area (Å²) in [5, 5.41) is 5.02. The molecule has 2 aliphatic carbocycles. The highest BCUT2D eigenvalue weighted by molar-refractivity contribution is 6.31. The predicted molar refractivity (Wildman–Crippen MR) is 100 cm³/mol. The molecule has 8 nitrogen and oxygen atoms in total. The molecule has 0 N–H and O–H groups in total. The van der Waals surface area contributed by atoms with Crippen molar-refractivity contribution in [1.82, 2.24) is 29.2 Å². The van der Waals surface area contributed by atoms with Crippen LogP contribution in [0.1, 0.15) is 34.7 Å². The van der Waals surface area contributed by atoms with Gasteiger partial charge in [-0.1, -0.05) is 28.9 Å². The Morgan fingerprint density at radius 3 is 3.00 bits per heavy atom. The first-order valence-electron chi connectivity index (χ1n) is 9.08. The molecule has 3 aromatic heterocycles. The number of rotatable bonds is 3. The number of aryl methyl sites for hydroxylation is 1. The molecule has 0 saturated heterocycles. The summed E-state index contributed by atoms with van der Waals surface area (Å²) < 4.78 is 8.55. The molecule has 0 spiro atoms. The summed E-state index contributed by atoms with van der Waals surface area (Å²) in [7, 11) is 1.77. The molecule has 28 heavy (non-hydrogen) atoms. The zero-order valence-electron chi connectivity index (χ0n) is 14.9. The third kappa shape index (κ3) is 2.15. The van der Waals surface area contributed by atoms with Crippen LogP contribution in [0, 0.1) is 5.92 Å². The van der Waals surface area contributed by atoms with Gasteiger partial charge in [-0.3, -0.25) is 9.36 Å². The molecule has 1 aromatic carbocycles. The fraction of sp³-hybridized carbons (Fsp3) is 0.316. The van der Waals surface area contributed by atoms with Crippen LogP contribution in [0.2, 0.25) is 5.02 Å². The lowest BCUT2D eigenvalue weighted by Gasteiger charge is -2.06. The molecule has 0 radical (unpaired) electrons. The van der Waals surface area contributed by atoms with Crippen LogP contribution in [0.4, 0.5) is 0 Å². The summed E-state index contributed by atoms with van der Waals surface area (Å²) in [5.41, 5.74) is 3.25. The van der Waals surface area contributed by atoms with Gasteiger partial charge in [-0.25, -0.2) is 9.97 Å². The summed E-state index contributed by atoms with van der Waals surface area (Å²) in [5.74, 6) is 2.26. The van der Waals surface area contributed by atoms with Crippen molar-refractivity contribution in [2.45, 2.75) is 24.8 Å². The zero-order valence-corrected chi connectivity index (χ0v) is 15.7. The molecule has 3 heterocycles. The van der Waals surface area contributed by atoms with E-state index < -0.39 is 0 Å². The molecule has 2 aliphatic rings. The summed E-state index contributed by atoms with van der Waals surface area (Å²) in [6, 6.07) is 6.08. The van der Waals surface area contributed by atoms with Gasteiger partial charge < -0.3 is 9.09 Å². The van der Waals surface area contributed by atoms with E-state index in [1.807, 2.05) is 12.1 Å². The lowest BCUT2D eigenvalue weighted by Crippen LogP contribution is -2.22. The molecular formula is C19H15ClN6O2. The monoisotopic (exact) mass is 394 g/mol. The SMILES string of the molecule is Cn1cnc2ncn(Cc3nc([C@H]4[C@@H]5Cc6c(Cl)cccc6[C@@H]54)no3)c(=O)c21. The normalized spacial score (nSPS) is 22.4. The Kier molecular flexibility index (Phi) is 3.15. The van der Waals surface area contributed by atoms with Crippen molar-refractivity contribution in [3.05, 3.63) is 69.1 Å². The Bertz CT molecular complexity index is 1310. The van der Waals surface area contributed by atoms with Crippen molar-refractivity contribution in [3.8, 4) is 0 Å². The number of hydrogen-bond donors (Lipinski definition) is 0. The molecule has 0 amide bonds. The third-order valence-electron chi connectivity index (χ3n) is 5.91. The Morgan fingerprint density at radius 2 is 2.11 bits per heavy atom. The Labute approximate surface area is 163 Å². The van der Waals surface area contributed by atoms with E-state index in [4.69, 9.17) is 16.1 Å². The lowest BCUT2D eigenvalue weighted by molar-refractivity contribution is 0.364. The van der Waals surface area contributed by atoms with E-state index in [1.165, 1.54) is 22.0 Å². The van der Waals surface area contributed by atoms with Crippen LogP contribution in [0.3, 0.4) is 0 Å². The first kappa shape index (κ1) is 16.0. The van der Waals surface area contributed by atoms with Gasteiger partial charge in [0.15, 0.2) is 17.0 Å². The van der Waals surface area contributed by atoms with E-state index in [1.54, 1.807) is 17.9 Å². The van der Waals surface area contributed by atoms with Crippen molar-refractivity contribution in [1.29, 1.82) is 0 Å². The molecular weight excluding hydrogens is 380 g/mol. The fourth-order valence-corrected chi connectivity index (χ4v) is 4.80. The van der Waals surface area contributed by atoms with Gasteiger partial charge in [0.25, 0.3) is 5.56 Å². The third-order valence-corrected chi connectivity index (χ3v) is 6.26. The van der Waals surface area contributed by atoms with Gasteiger partial charge >= 0.3 is 0 Å². The smallest absolute Gasteiger partial charge is 0.280 e. The van der Waals surface area contributed by atoms with Gasteiger partial charge in [0, 0.05) is 18.0 Å². The van der Waals surface area contributed by atoms with Crippen molar-refractivity contribution in [2.75, 3.05) is 0 Å². The Balaban J connectivity index is 1.28. The highest BCUT2D eigenvalue weighted by atomic mass is 35.5. The van der Waals surface area contributed by atoms with Gasteiger partial charge in [-0.05, 0) is 35.4 Å². The van der Waals surface area contributed by atoms with E-state index in [9.17, 15) is 4.79 Å². The van der Waals surface area contributed by atoms with Crippen LogP contribution < -0.4 is 5.56 Å². The molecule has 0 aliphatic heterocycles. The minimum Gasteiger partial charge on any atom is -0.337 e. The maximum Gasteiger partial charge on any atom is 0.280 e. The van der Waals surface area contributed by atoms with Crippen molar-refractivity contribution >= 4 is 22.8 Å². The highest BCUT2D eigenvalue weighted by Gasteiger charge is 2.58. The minimum atomic E-state index is -0.184. The Hall–Kier alpha value is -3.00. The standard InChI is InChI=1S/C19H15ClN6O2/c1-25-7-21-18-16(25)19(27)26(8-22-18)6-13-23-17(24-28-13)15-11-5-10-9(14(11)15)3-2-4-12(10)20/h2-4,7-8,11,14-15H,5-6H2,1H3/t11-,14+,15+/m1/s1. The number of nitrogens with zero attached hydrogens (tertiary/aromatic N) is 6. The number of halogens is 1. The van der Waals surface area contributed by atoms with Crippen molar-refractivity contribution < 1.29 is 4.52 Å². The number of benzene rings is 1. The molecule has 6 rings (SSSR count). The summed E-state index contributed by atoms with van der Waals surface area (Å²) in [6.07, 6.45) is 3.99. The quantitative estimate of drug-likeness (QED) is 0.529. The summed E-state index contributed by atoms with van der Waals surface area (Å²) >= 11 is 6.31. The van der Waals surface area contributed by atoms with Crippen LogP contribution in [0.25, 0.3) is 11.2 Å². The van der Waals surface area contributed by atoms with Crippen molar-refractivity contribution in [3.63, 3.8) is 0 Å². The molecule has 140 valence electrons.